The van der Waals surface area contributed by atoms with E-state index in [9.17, 15) is 26.4 Å². The average Bonchev–Trinajstić information content (AvgIpc) is 3.29. The summed E-state index contributed by atoms with van der Waals surface area (Å²) in [5.41, 5.74) is 1.54. The standard InChI is InChI=1S/C22H24N2O7S2/c1-15-11-16-5-2-3-8-20(16)24(15)33(29,30)19-7-4-6-17(12-19)22(26)31-13-21(25)23-18-9-10-32(27,28)14-18/h2-8,12,15,18H,9-11,13-14H2,1H3,(H,23,25)/t15-,18+/m1/s1. The lowest BCUT2D eigenvalue weighted by Crippen LogP contribution is -2.38. The molecule has 0 bridgehead atoms. The Hall–Kier alpha value is -2.92. The van der Waals surface area contributed by atoms with Crippen LogP contribution < -0.4 is 9.62 Å². The minimum absolute atomic E-state index is 0.00699. The molecular formula is C22H24N2O7S2. The van der Waals surface area contributed by atoms with E-state index in [-0.39, 0.29) is 28.0 Å². The number of fused-ring (bicyclic) bond motifs is 1. The largest absolute Gasteiger partial charge is 0.452 e. The molecule has 1 fully saturated rings. The summed E-state index contributed by atoms with van der Waals surface area (Å²) in [6.45, 7) is 1.23. The molecule has 4 rings (SSSR count). The summed E-state index contributed by atoms with van der Waals surface area (Å²) in [6, 6.07) is 12.0. The van der Waals surface area contributed by atoms with E-state index in [4.69, 9.17) is 4.74 Å². The lowest BCUT2D eigenvalue weighted by molar-refractivity contribution is -0.124. The molecule has 2 aliphatic rings. The zero-order valence-electron chi connectivity index (χ0n) is 17.9. The van der Waals surface area contributed by atoms with Crippen molar-refractivity contribution in [3.8, 4) is 0 Å². The number of hydrogen-bond acceptors (Lipinski definition) is 7. The zero-order valence-corrected chi connectivity index (χ0v) is 19.6. The monoisotopic (exact) mass is 492 g/mol. The van der Waals surface area contributed by atoms with E-state index in [2.05, 4.69) is 5.32 Å². The molecule has 11 heteroatoms. The van der Waals surface area contributed by atoms with Crippen molar-refractivity contribution in [1.82, 2.24) is 5.32 Å². The molecule has 9 nitrogen and oxygen atoms in total. The number of carbonyl (C=O) groups is 2. The number of ether oxygens (including phenoxy) is 1. The number of amides is 1. The van der Waals surface area contributed by atoms with Crippen LogP contribution in [0, 0.1) is 0 Å². The number of nitrogens with zero attached hydrogens (tertiary/aromatic N) is 1. The van der Waals surface area contributed by atoms with Gasteiger partial charge in [0.15, 0.2) is 16.4 Å². The molecule has 0 aliphatic carbocycles. The first-order chi connectivity index (χ1) is 15.6. The molecular weight excluding hydrogens is 468 g/mol. The van der Waals surface area contributed by atoms with Crippen LogP contribution in [0.15, 0.2) is 53.4 Å². The number of carbonyl (C=O) groups excluding carboxylic acids is 2. The molecule has 2 aromatic carbocycles. The Kier molecular flexibility index (Phi) is 6.19. The predicted octanol–water partition coefficient (Wildman–Crippen LogP) is 1.29. The van der Waals surface area contributed by atoms with Crippen molar-refractivity contribution in [2.45, 2.75) is 36.7 Å². The quantitative estimate of drug-likeness (QED) is 0.602. The summed E-state index contributed by atoms with van der Waals surface area (Å²) in [7, 11) is -7.07. The summed E-state index contributed by atoms with van der Waals surface area (Å²) in [5.74, 6) is -1.59. The van der Waals surface area contributed by atoms with Crippen LogP contribution >= 0.6 is 0 Å². The summed E-state index contributed by atoms with van der Waals surface area (Å²) < 4.78 is 56.0. The molecule has 176 valence electrons. The topological polar surface area (TPSA) is 127 Å². The maximum atomic E-state index is 13.4. The second-order valence-electron chi connectivity index (χ2n) is 8.25. The second kappa shape index (κ2) is 8.79. The van der Waals surface area contributed by atoms with Gasteiger partial charge in [0.05, 0.1) is 27.7 Å². The molecule has 0 radical (unpaired) electrons. The van der Waals surface area contributed by atoms with Gasteiger partial charge in [0.1, 0.15) is 0 Å². The van der Waals surface area contributed by atoms with Gasteiger partial charge in [-0.3, -0.25) is 9.10 Å². The molecule has 0 aromatic heterocycles. The molecule has 0 spiro atoms. The van der Waals surface area contributed by atoms with Gasteiger partial charge in [-0.2, -0.15) is 0 Å². The molecule has 1 saturated heterocycles. The van der Waals surface area contributed by atoms with Gasteiger partial charge >= 0.3 is 5.97 Å². The van der Waals surface area contributed by atoms with Crippen molar-refractivity contribution in [2.24, 2.45) is 0 Å². The molecule has 2 atom stereocenters. The van der Waals surface area contributed by atoms with Gasteiger partial charge in [-0.1, -0.05) is 24.3 Å². The fraction of sp³-hybridized carbons (Fsp3) is 0.364. The SMILES string of the molecule is C[C@@H]1Cc2ccccc2N1S(=O)(=O)c1cccc(C(=O)OCC(=O)N[C@H]2CCS(=O)(=O)C2)c1. The van der Waals surface area contributed by atoms with Gasteiger partial charge in [0.2, 0.25) is 0 Å². The van der Waals surface area contributed by atoms with Crippen molar-refractivity contribution >= 4 is 37.4 Å². The van der Waals surface area contributed by atoms with E-state index in [0.717, 1.165) is 5.56 Å². The summed E-state index contributed by atoms with van der Waals surface area (Å²) in [4.78, 5) is 24.4. The van der Waals surface area contributed by atoms with E-state index in [1.807, 2.05) is 19.1 Å². The van der Waals surface area contributed by atoms with Crippen molar-refractivity contribution in [1.29, 1.82) is 0 Å². The molecule has 1 amide bonds. The highest BCUT2D eigenvalue weighted by Crippen LogP contribution is 2.36. The number of esters is 1. The minimum atomic E-state index is -3.93. The van der Waals surface area contributed by atoms with Crippen molar-refractivity contribution < 1.29 is 31.2 Å². The van der Waals surface area contributed by atoms with E-state index in [0.29, 0.717) is 18.5 Å². The minimum Gasteiger partial charge on any atom is -0.452 e. The van der Waals surface area contributed by atoms with E-state index in [1.165, 1.54) is 28.6 Å². The fourth-order valence-electron chi connectivity index (χ4n) is 4.19. The number of anilines is 1. The summed E-state index contributed by atoms with van der Waals surface area (Å²) in [6.07, 6.45) is 0.911. The summed E-state index contributed by atoms with van der Waals surface area (Å²) in [5, 5.41) is 2.53. The summed E-state index contributed by atoms with van der Waals surface area (Å²) >= 11 is 0. The first-order valence-corrected chi connectivity index (χ1v) is 13.7. The van der Waals surface area contributed by atoms with Crippen LogP contribution in [-0.4, -0.2) is 58.9 Å². The Balaban J connectivity index is 1.44. The van der Waals surface area contributed by atoms with Gasteiger partial charge in [0, 0.05) is 12.1 Å². The normalized spacial score (nSPS) is 21.4. The molecule has 2 aliphatic heterocycles. The third kappa shape index (κ3) is 4.88. The van der Waals surface area contributed by atoms with Gasteiger partial charge < -0.3 is 10.1 Å². The average molecular weight is 493 g/mol. The number of benzene rings is 2. The Morgan fingerprint density at radius 3 is 2.64 bits per heavy atom. The number of sulfone groups is 1. The third-order valence-electron chi connectivity index (χ3n) is 5.70. The first-order valence-electron chi connectivity index (χ1n) is 10.5. The van der Waals surface area contributed by atoms with E-state index in [1.54, 1.807) is 12.1 Å². The number of sulfonamides is 1. The van der Waals surface area contributed by atoms with Crippen molar-refractivity contribution in [3.63, 3.8) is 0 Å². The van der Waals surface area contributed by atoms with Gasteiger partial charge in [-0.15, -0.1) is 0 Å². The number of nitrogens with one attached hydrogen (secondary N) is 1. The van der Waals surface area contributed by atoms with Gasteiger partial charge in [-0.25, -0.2) is 21.6 Å². The van der Waals surface area contributed by atoms with Crippen molar-refractivity contribution in [3.05, 3.63) is 59.7 Å². The Labute approximate surface area is 192 Å². The van der Waals surface area contributed by atoms with Crippen LogP contribution in [0.3, 0.4) is 0 Å². The second-order valence-corrected chi connectivity index (χ2v) is 12.3. The molecule has 33 heavy (non-hydrogen) atoms. The first kappa shape index (κ1) is 23.2. The van der Waals surface area contributed by atoms with Crippen LogP contribution in [0.5, 0.6) is 0 Å². The number of para-hydroxylation sites is 1. The van der Waals surface area contributed by atoms with Crippen LogP contribution in [0.1, 0.15) is 29.3 Å². The highest BCUT2D eigenvalue weighted by atomic mass is 32.2. The van der Waals surface area contributed by atoms with Gasteiger partial charge in [0.25, 0.3) is 15.9 Å². The lowest BCUT2D eigenvalue weighted by atomic mass is 10.1. The smallest absolute Gasteiger partial charge is 0.338 e. The van der Waals surface area contributed by atoms with E-state index >= 15 is 0 Å². The fourth-order valence-corrected chi connectivity index (χ4v) is 7.61. The van der Waals surface area contributed by atoms with Crippen LogP contribution in [0.4, 0.5) is 5.69 Å². The molecule has 0 saturated carbocycles. The Bertz CT molecular complexity index is 1310. The number of rotatable bonds is 6. The lowest BCUT2D eigenvalue weighted by Gasteiger charge is -2.24. The van der Waals surface area contributed by atoms with Crippen LogP contribution in [0.2, 0.25) is 0 Å². The van der Waals surface area contributed by atoms with Crippen LogP contribution in [0.25, 0.3) is 0 Å². The van der Waals surface area contributed by atoms with E-state index < -0.39 is 44.4 Å². The number of hydrogen-bond donors (Lipinski definition) is 1. The maximum Gasteiger partial charge on any atom is 0.338 e. The molecule has 2 aromatic rings. The molecule has 2 heterocycles. The maximum absolute atomic E-state index is 13.4. The Morgan fingerprint density at radius 2 is 1.91 bits per heavy atom. The molecule has 1 N–H and O–H groups in total. The van der Waals surface area contributed by atoms with Crippen molar-refractivity contribution in [2.75, 3.05) is 22.4 Å². The highest BCUT2D eigenvalue weighted by molar-refractivity contribution is 7.93. The molecule has 0 unspecified atom stereocenters. The highest BCUT2D eigenvalue weighted by Gasteiger charge is 2.36. The predicted molar refractivity (Wildman–Crippen MR) is 121 cm³/mol. The Morgan fingerprint density at radius 1 is 1.15 bits per heavy atom. The van der Waals surface area contributed by atoms with Gasteiger partial charge in [-0.05, 0) is 49.6 Å². The third-order valence-corrected chi connectivity index (χ3v) is 9.40. The van der Waals surface area contributed by atoms with Crippen LogP contribution in [-0.2, 0) is 35.8 Å². The zero-order chi connectivity index (χ0) is 23.8.